The van der Waals surface area contributed by atoms with Crippen LogP contribution in [-0.4, -0.2) is 33.2 Å². The summed E-state index contributed by atoms with van der Waals surface area (Å²) in [6, 6.07) is 13.7. The molecule has 0 bridgehead atoms. The maximum atomic E-state index is 12.3. The number of carbonyl (C=O) groups excluding carboxylic acids is 1. The molecular weight excluding hydrogens is 372 g/mol. The van der Waals surface area contributed by atoms with Crippen molar-refractivity contribution in [2.24, 2.45) is 0 Å². The summed E-state index contributed by atoms with van der Waals surface area (Å²) in [5.74, 6) is -0.642. The maximum Gasteiger partial charge on any atom is 0.225 e. The molecule has 7 heteroatoms. The first-order chi connectivity index (χ1) is 12.4. The molecule has 1 amide bonds. The third-order valence-electron chi connectivity index (χ3n) is 4.05. The third-order valence-corrected chi connectivity index (χ3v) is 6.26. The van der Waals surface area contributed by atoms with E-state index in [1.807, 2.05) is 24.3 Å². The lowest BCUT2D eigenvalue weighted by atomic mass is 10.2. The third kappa shape index (κ3) is 5.22. The molecule has 0 spiro atoms. The van der Waals surface area contributed by atoms with Crippen LogP contribution in [0.1, 0.15) is 20.3 Å². The molecule has 1 N–H and O–H groups in total. The van der Waals surface area contributed by atoms with Crippen LogP contribution in [0.2, 0.25) is 5.02 Å². The van der Waals surface area contributed by atoms with Gasteiger partial charge in [0, 0.05) is 30.9 Å². The van der Waals surface area contributed by atoms with Crippen LogP contribution >= 0.6 is 11.6 Å². The Morgan fingerprint density at radius 1 is 1.04 bits per heavy atom. The van der Waals surface area contributed by atoms with E-state index in [0.29, 0.717) is 5.69 Å². The number of anilines is 2. The van der Waals surface area contributed by atoms with Crippen LogP contribution in [0, 0.1) is 0 Å². The molecule has 2 rings (SSSR count). The average Bonchev–Trinajstić information content (AvgIpc) is 2.63. The summed E-state index contributed by atoms with van der Waals surface area (Å²) >= 11 is 5.93. The minimum Gasteiger partial charge on any atom is -0.372 e. The zero-order valence-electron chi connectivity index (χ0n) is 14.9. The van der Waals surface area contributed by atoms with Crippen LogP contribution in [0.5, 0.6) is 0 Å². The number of nitrogens with zero attached hydrogens (tertiary/aromatic N) is 1. The number of carbonyl (C=O) groups is 1. The molecule has 2 aromatic carbocycles. The summed E-state index contributed by atoms with van der Waals surface area (Å²) < 4.78 is 24.7. The van der Waals surface area contributed by atoms with E-state index >= 15 is 0 Å². The normalized spacial score (nSPS) is 11.2. The van der Waals surface area contributed by atoms with Crippen molar-refractivity contribution >= 4 is 38.7 Å². The molecule has 0 saturated heterocycles. The van der Waals surface area contributed by atoms with Crippen LogP contribution in [-0.2, 0) is 14.6 Å². The van der Waals surface area contributed by atoms with Crippen molar-refractivity contribution in [3.63, 3.8) is 0 Å². The van der Waals surface area contributed by atoms with Crippen LogP contribution in [0.25, 0.3) is 0 Å². The predicted molar refractivity (Wildman–Crippen MR) is 107 cm³/mol. The fourth-order valence-electron chi connectivity index (χ4n) is 2.60. The SMILES string of the molecule is CCN(CC)c1ccc(NC(=O)CCS(=O)(=O)c2ccccc2Cl)cc1. The van der Waals surface area contributed by atoms with Gasteiger partial charge in [-0.25, -0.2) is 8.42 Å². The molecule has 0 aliphatic rings. The van der Waals surface area contributed by atoms with E-state index in [9.17, 15) is 13.2 Å². The highest BCUT2D eigenvalue weighted by Crippen LogP contribution is 2.22. The van der Waals surface area contributed by atoms with Crippen molar-refractivity contribution in [1.82, 2.24) is 0 Å². The lowest BCUT2D eigenvalue weighted by Crippen LogP contribution is -2.21. The molecule has 26 heavy (non-hydrogen) atoms. The topological polar surface area (TPSA) is 66.5 Å². The second-order valence-electron chi connectivity index (χ2n) is 5.77. The summed E-state index contributed by atoms with van der Waals surface area (Å²) in [6.45, 7) is 5.97. The number of hydrogen-bond donors (Lipinski definition) is 1. The van der Waals surface area contributed by atoms with E-state index in [4.69, 9.17) is 11.6 Å². The molecule has 0 saturated carbocycles. The highest BCUT2D eigenvalue weighted by molar-refractivity contribution is 7.91. The number of nitrogens with one attached hydrogen (secondary N) is 1. The maximum absolute atomic E-state index is 12.3. The van der Waals surface area contributed by atoms with E-state index in [2.05, 4.69) is 24.1 Å². The van der Waals surface area contributed by atoms with Gasteiger partial charge in [-0.1, -0.05) is 23.7 Å². The molecule has 2 aromatic rings. The van der Waals surface area contributed by atoms with Crippen molar-refractivity contribution in [1.29, 1.82) is 0 Å². The van der Waals surface area contributed by atoms with Crippen LogP contribution in [0.4, 0.5) is 11.4 Å². The Labute approximate surface area is 159 Å². The van der Waals surface area contributed by atoms with Gasteiger partial charge in [0.25, 0.3) is 0 Å². The van der Waals surface area contributed by atoms with E-state index < -0.39 is 9.84 Å². The van der Waals surface area contributed by atoms with Crippen LogP contribution in [0.3, 0.4) is 0 Å². The molecule has 0 unspecified atom stereocenters. The fourth-order valence-corrected chi connectivity index (χ4v) is 4.42. The highest BCUT2D eigenvalue weighted by atomic mass is 35.5. The standard InChI is InChI=1S/C19H23ClN2O3S/c1-3-22(4-2)16-11-9-15(10-12-16)21-19(23)13-14-26(24,25)18-8-6-5-7-17(18)20/h5-12H,3-4,13-14H2,1-2H3,(H,21,23). The van der Waals surface area contributed by atoms with Gasteiger partial charge >= 0.3 is 0 Å². The average molecular weight is 395 g/mol. The molecule has 0 radical (unpaired) electrons. The van der Waals surface area contributed by atoms with Crippen molar-refractivity contribution in [3.05, 3.63) is 53.6 Å². The summed E-state index contributed by atoms with van der Waals surface area (Å²) in [4.78, 5) is 14.3. The van der Waals surface area contributed by atoms with Gasteiger partial charge in [0.15, 0.2) is 9.84 Å². The second-order valence-corrected chi connectivity index (χ2v) is 8.25. The molecule has 0 aliphatic heterocycles. The number of benzene rings is 2. The summed E-state index contributed by atoms with van der Waals surface area (Å²) in [6.07, 6.45) is -0.134. The number of hydrogen-bond acceptors (Lipinski definition) is 4. The van der Waals surface area contributed by atoms with Crippen LogP contribution < -0.4 is 10.2 Å². The first kappa shape index (κ1) is 20.3. The molecule has 5 nitrogen and oxygen atoms in total. The van der Waals surface area contributed by atoms with E-state index in [0.717, 1.165) is 18.8 Å². The number of halogens is 1. The minimum atomic E-state index is -3.60. The minimum absolute atomic E-state index is 0.0537. The largest absolute Gasteiger partial charge is 0.372 e. The van der Waals surface area contributed by atoms with Gasteiger partial charge in [-0.3, -0.25) is 4.79 Å². The van der Waals surface area contributed by atoms with E-state index in [1.54, 1.807) is 12.1 Å². The zero-order chi connectivity index (χ0) is 19.2. The first-order valence-electron chi connectivity index (χ1n) is 8.49. The lowest BCUT2D eigenvalue weighted by Gasteiger charge is -2.21. The zero-order valence-corrected chi connectivity index (χ0v) is 16.5. The molecule has 0 aliphatic carbocycles. The first-order valence-corrected chi connectivity index (χ1v) is 10.5. The second kappa shape index (κ2) is 9.05. The Hall–Kier alpha value is -2.05. The van der Waals surface area contributed by atoms with E-state index in [-0.39, 0.29) is 28.0 Å². The number of sulfone groups is 1. The molecule has 0 aromatic heterocycles. The van der Waals surface area contributed by atoms with Gasteiger partial charge in [-0.05, 0) is 50.2 Å². The molecule has 140 valence electrons. The molecular formula is C19H23ClN2O3S. The number of rotatable bonds is 8. The Morgan fingerprint density at radius 2 is 1.65 bits per heavy atom. The van der Waals surface area contributed by atoms with Crippen molar-refractivity contribution in [2.45, 2.75) is 25.2 Å². The fraction of sp³-hybridized carbons (Fsp3) is 0.316. The summed E-state index contributed by atoms with van der Waals surface area (Å²) in [5, 5.41) is 2.89. The quantitative estimate of drug-likeness (QED) is 0.735. The Balaban J connectivity index is 1.96. The van der Waals surface area contributed by atoms with Gasteiger partial charge in [0.2, 0.25) is 5.91 Å². The Kier molecular flexibility index (Phi) is 7.06. The summed E-state index contributed by atoms with van der Waals surface area (Å²) in [7, 11) is -3.60. The lowest BCUT2D eigenvalue weighted by molar-refractivity contribution is -0.115. The van der Waals surface area contributed by atoms with Gasteiger partial charge in [-0.2, -0.15) is 0 Å². The van der Waals surface area contributed by atoms with Gasteiger partial charge in [-0.15, -0.1) is 0 Å². The highest BCUT2D eigenvalue weighted by Gasteiger charge is 2.19. The van der Waals surface area contributed by atoms with Gasteiger partial charge in [0.05, 0.1) is 15.7 Å². The van der Waals surface area contributed by atoms with Crippen molar-refractivity contribution in [2.75, 3.05) is 29.1 Å². The van der Waals surface area contributed by atoms with Crippen molar-refractivity contribution in [3.8, 4) is 0 Å². The smallest absolute Gasteiger partial charge is 0.225 e. The Bertz CT molecular complexity index is 847. The van der Waals surface area contributed by atoms with Gasteiger partial charge < -0.3 is 10.2 Å². The molecule has 0 atom stereocenters. The molecule has 0 fully saturated rings. The van der Waals surface area contributed by atoms with E-state index in [1.165, 1.54) is 12.1 Å². The molecule has 0 heterocycles. The number of amides is 1. The predicted octanol–water partition coefficient (Wildman–Crippen LogP) is 3.99. The Morgan fingerprint density at radius 3 is 2.23 bits per heavy atom. The summed E-state index contributed by atoms with van der Waals surface area (Å²) in [5.41, 5.74) is 1.72. The van der Waals surface area contributed by atoms with Crippen molar-refractivity contribution < 1.29 is 13.2 Å². The monoisotopic (exact) mass is 394 g/mol. The van der Waals surface area contributed by atoms with Crippen LogP contribution in [0.15, 0.2) is 53.4 Å². The van der Waals surface area contributed by atoms with Gasteiger partial charge in [0.1, 0.15) is 0 Å².